The van der Waals surface area contributed by atoms with Crippen molar-refractivity contribution in [3.05, 3.63) is 35.5 Å². The van der Waals surface area contributed by atoms with Crippen molar-refractivity contribution >= 4 is 11.9 Å². The van der Waals surface area contributed by atoms with Gasteiger partial charge in [-0.05, 0) is 38.8 Å². The minimum Gasteiger partial charge on any atom is -0.458 e. The lowest BCUT2D eigenvalue weighted by molar-refractivity contribution is -0.148. The highest BCUT2D eigenvalue weighted by Crippen LogP contribution is 2.48. The molecule has 6 unspecified atom stereocenters. The lowest BCUT2D eigenvalue weighted by Crippen LogP contribution is -2.38. The Morgan fingerprint density at radius 1 is 1.52 bits per heavy atom. The molecule has 3 aliphatic rings. The predicted molar refractivity (Wildman–Crippen MR) is 95.5 cm³/mol. The van der Waals surface area contributed by atoms with Gasteiger partial charge in [0, 0.05) is 17.6 Å². The van der Waals surface area contributed by atoms with Crippen LogP contribution < -0.4 is 0 Å². The highest BCUT2D eigenvalue weighted by Gasteiger charge is 2.59. The second-order valence-corrected chi connectivity index (χ2v) is 7.65. The van der Waals surface area contributed by atoms with Crippen molar-refractivity contribution in [2.45, 2.75) is 63.6 Å². The van der Waals surface area contributed by atoms with E-state index in [-0.39, 0.29) is 18.6 Å². The van der Waals surface area contributed by atoms with E-state index in [2.05, 4.69) is 6.58 Å². The monoisotopic (exact) mass is 378 g/mol. The second kappa shape index (κ2) is 7.22. The summed E-state index contributed by atoms with van der Waals surface area (Å²) in [4.78, 5) is 24.5. The quantitative estimate of drug-likeness (QED) is 0.329. The van der Waals surface area contributed by atoms with E-state index < -0.39 is 47.9 Å². The molecule has 0 spiro atoms. The van der Waals surface area contributed by atoms with Gasteiger partial charge >= 0.3 is 11.9 Å². The molecule has 7 nitrogen and oxygen atoms in total. The van der Waals surface area contributed by atoms with Crippen LogP contribution in [-0.2, 0) is 23.8 Å². The third-order valence-electron chi connectivity index (χ3n) is 5.65. The molecule has 2 heterocycles. The smallest absolute Gasteiger partial charge is 0.334 e. The summed E-state index contributed by atoms with van der Waals surface area (Å²) < 4.78 is 16.9. The van der Waals surface area contributed by atoms with E-state index in [1.54, 1.807) is 26.0 Å². The number of rotatable bonds is 3. The highest BCUT2D eigenvalue weighted by atomic mass is 16.6. The van der Waals surface area contributed by atoms with Crippen molar-refractivity contribution in [2.24, 2.45) is 5.92 Å². The number of carbonyl (C=O) groups excluding carboxylic acids is 2. The fourth-order valence-electron chi connectivity index (χ4n) is 3.87. The molecule has 3 rings (SSSR count). The molecule has 2 saturated heterocycles. The SMILES string of the molecule is C=C1C(=O)OC2C=C(CO)CC(O)C3OC3(C)CC(OC(=O)C(C)=CC)C12. The van der Waals surface area contributed by atoms with Crippen molar-refractivity contribution < 1.29 is 34.0 Å². The van der Waals surface area contributed by atoms with Gasteiger partial charge in [0.2, 0.25) is 0 Å². The molecule has 0 amide bonds. The largest absolute Gasteiger partial charge is 0.458 e. The summed E-state index contributed by atoms with van der Waals surface area (Å²) in [6.45, 7) is 8.78. The summed E-state index contributed by atoms with van der Waals surface area (Å²) in [5, 5.41) is 20.1. The van der Waals surface area contributed by atoms with Crippen molar-refractivity contribution in [1.29, 1.82) is 0 Å². The summed E-state index contributed by atoms with van der Waals surface area (Å²) in [7, 11) is 0. The van der Waals surface area contributed by atoms with Crippen LogP contribution in [-0.4, -0.2) is 58.8 Å². The molecule has 0 radical (unpaired) electrons. The third-order valence-corrected chi connectivity index (χ3v) is 5.65. The Labute approximate surface area is 158 Å². The minimum atomic E-state index is -0.807. The van der Waals surface area contributed by atoms with E-state index in [9.17, 15) is 19.8 Å². The van der Waals surface area contributed by atoms with Gasteiger partial charge in [-0.3, -0.25) is 0 Å². The number of ether oxygens (including phenoxy) is 3. The average Bonchev–Trinajstić information content (AvgIpc) is 3.21. The van der Waals surface area contributed by atoms with Crippen molar-refractivity contribution in [2.75, 3.05) is 6.61 Å². The maximum atomic E-state index is 12.4. The molecule has 0 aromatic rings. The van der Waals surface area contributed by atoms with E-state index in [0.717, 1.165) is 0 Å². The lowest BCUT2D eigenvalue weighted by atomic mass is 9.82. The fourth-order valence-corrected chi connectivity index (χ4v) is 3.87. The van der Waals surface area contributed by atoms with Gasteiger partial charge in [0.25, 0.3) is 0 Å². The summed E-state index contributed by atoms with van der Waals surface area (Å²) in [6.07, 6.45) is 1.12. The summed E-state index contributed by atoms with van der Waals surface area (Å²) in [6, 6.07) is 0. The highest BCUT2D eigenvalue weighted by molar-refractivity contribution is 5.92. The van der Waals surface area contributed by atoms with Crippen molar-refractivity contribution in [1.82, 2.24) is 0 Å². The van der Waals surface area contributed by atoms with Crippen LogP contribution in [0.3, 0.4) is 0 Å². The Balaban J connectivity index is 1.99. The molecule has 2 fully saturated rings. The molecule has 0 aromatic carbocycles. The maximum absolute atomic E-state index is 12.4. The minimum absolute atomic E-state index is 0.214. The second-order valence-electron chi connectivity index (χ2n) is 7.65. The number of fused-ring (bicyclic) bond motifs is 2. The molecule has 2 N–H and O–H groups in total. The Morgan fingerprint density at radius 3 is 2.85 bits per heavy atom. The van der Waals surface area contributed by atoms with Gasteiger partial charge in [0.05, 0.1) is 24.2 Å². The first-order valence-electron chi connectivity index (χ1n) is 9.10. The number of aliphatic hydroxyl groups excluding tert-OH is 2. The molecule has 6 atom stereocenters. The summed E-state index contributed by atoms with van der Waals surface area (Å²) in [5.41, 5.74) is 0.521. The Kier molecular flexibility index (Phi) is 5.29. The molecule has 2 aliphatic heterocycles. The van der Waals surface area contributed by atoms with Crippen LogP contribution in [0.15, 0.2) is 35.5 Å². The molecule has 27 heavy (non-hydrogen) atoms. The van der Waals surface area contributed by atoms with Gasteiger partial charge in [0.1, 0.15) is 18.3 Å². The molecule has 7 heteroatoms. The molecule has 148 valence electrons. The van der Waals surface area contributed by atoms with Gasteiger partial charge < -0.3 is 24.4 Å². The number of aliphatic hydroxyl groups is 2. The normalized spacial score (nSPS) is 39.1. The van der Waals surface area contributed by atoms with Gasteiger partial charge in [-0.15, -0.1) is 0 Å². The van der Waals surface area contributed by atoms with E-state index >= 15 is 0 Å². The number of carbonyl (C=O) groups is 2. The molecule has 1 aliphatic carbocycles. The number of esters is 2. The van der Waals surface area contributed by atoms with E-state index in [1.165, 1.54) is 0 Å². The van der Waals surface area contributed by atoms with Crippen LogP contribution in [0.2, 0.25) is 0 Å². The number of epoxide rings is 1. The average molecular weight is 378 g/mol. The maximum Gasteiger partial charge on any atom is 0.334 e. The number of hydrogen-bond donors (Lipinski definition) is 2. The standard InChI is InChI=1S/C20H26O7/c1-5-10(2)18(23)26-15-8-20(4)17(27-20)13(22)6-12(9-21)7-14-16(15)11(3)19(24)25-14/h5,7,13-17,21-22H,3,6,8-9H2,1-2,4H3. The van der Waals surface area contributed by atoms with E-state index in [0.29, 0.717) is 17.6 Å². The lowest BCUT2D eigenvalue weighted by Gasteiger charge is -2.29. The van der Waals surface area contributed by atoms with Crippen LogP contribution >= 0.6 is 0 Å². The van der Waals surface area contributed by atoms with Crippen LogP contribution in [0.1, 0.15) is 33.6 Å². The first-order valence-corrected chi connectivity index (χ1v) is 9.10. The van der Waals surface area contributed by atoms with Gasteiger partial charge in [-0.1, -0.05) is 12.7 Å². The van der Waals surface area contributed by atoms with E-state index in [1.807, 2.05) is 6.92 Å². The van der Waals surface area contributed by atoms with Crippen LogP contribution in [0.4, 0.5) is 0 Å². The van der Waals surface area contributed by atoms with Crippen LogP contribution in [0, 0.1) is 5.92 Å². The van der Waals surface area contributed by atoms with Gasteiger partial charge in [-0.25, -0.2) is 9.59 Å². The third kappa shape index (κ3) is 3.72. The predicted octanol–water partition coefficient (Wildman–Crippen LogP) is 1.19. The van der Waals surface area contributed by atoms with Gasteiger partial charge in [0.15, 0.2) is 0 Å². The first kappa shape index (κ1) is 19.8. The molecular formula is C20H26O7. The van der Waals surface area contributed by atoms with Crippen LogP contribution in [0.5, 0.6) is 0 Å². The zero-order valence-electron chi connectivity index (χ0n) is 15.8. The van der Waals surface area contributed by atoms with Gasteiger partial charge in [-0.2, -0.15) is 0 Å². The molecule has 0 bridgehead atoms. The zero-order valence-corrected chi connectivity index (χ0v) is 15.8. The van der Waals surface area contributed by atoms with Crippen molar-refractivity contribution in [3.63, 3.8) is 0 Å². The fraction of sp³-hybridized carbons (Fsp3) is 0.600. The van der Waals surface area contributed by atoms with Crippen molar-refractivity contribution in [3.8, 4) is 0 Å². The molecule has 0 saturated carbocycles. The number of hydrogen-bond acceptors (Lipinski definition) is 7. The van der Waals surface area contributed by atoms with Crippen LogP contribution in [0.25, 0.3) is 0 Å². The molecule has 0 aromatic heterocycles. The molecular weight excluding hydrogens is 352 g/mol. The Morgan fingerprint density at radius 2 is 2.22 bits per heavy atom. The first-order chi connectivity index (χ1) is 12.7. The Bertz CT molecular complexity index is 722. The summed E-state index contributed by atoms with van der Waals surface area (Å²) in [5.74, 6) is -1.62. The topological polar surface area (TPSA) is 106 Å². The number of allylic oxidation sites excluding steroid dienone is 1. The Hall–Kier alpha value is -1.96. The summed E-state index contributed by atoms with van der Waals surface area (Å²) >= 11 is 0. The van der Waals surface area contributed by atoms with E-state index in [4.69, 9.17) is 14.2 Å². The zero-order chi connectivity index (χ0) is 19.9.